The summed E-state index contributed by atoms with van der Waals surface area (Å²) in [6.45, 7) is 0. The first-order valence-electron chi connectivity index (χ1n) is 0. The van der Waals surface area contributed by atoms with Gasteiger partial charge in [0, 0.05) is 38.2 Å². The summed E-state index contributed by atoms with van der Waals surface area (Å²) in [6, 6.07) is 0. The Hall–Kier alpha value is 1.95. The van der Waals surface area contributed by atoms with Crippen LogP contribution < -0.4 is 0 Å². The summed E-state index contributed by atoms with van der Waals surface area (Å²) < 4.78 is 0. The largest absolute Gasteiger partial charge is 0.316 e. The Balaban J connectivity index is 0. The second kappa shape index (κ2) is 20.3. The maximum atomic E-state index is 0. The minimum Gasteiger partial charge on any atom is 0 e. The molecule has 0 saturated heterocycles. The maximum absolute atomic E-state index is 0. The van der Waals surface area contributed by atoms with E-state index in [9.17, 15) is 0 Å². The predicted octanol–water partition coefficient (Wildman–Crippen LogP) is -0.817. The molecule has 0 saturated carbocycles. The molecule has 0 aliphatic carbocycles. The van der Waals surface area contributed by atoms with E-state index in [1.807, 2.05) is 0 Å². The lowest BCUT2D eigenvalue weighted by atomic mass is 24.3. The van der Waals surface area contributed by atoms with E-state index in [1.54, 1.807) is 0 Å². The maximum Gasteiger partial charge on any atom is 0.316 e. The van der Waals surface area contributed by atoms with Gasteiger partial charge in [-0.3, -0.25) is 0 Å². The number of hydrogen-bond donors (Lipinski definition) is 0. The van der Waals surface area contributed by atoms with Crippen molar-refractivity contribution in [1.82, 2.24) is 0 Å². The summed E-state index contributed by atoms with van der Waals surface area (Å²) in [6.07, 6.45) is 0. The highest BCUT2D eigenvalue weighted by atomic mass is 31.0. The van der Waals surface area contributed by atoms with E-state index in [-0.39, 0.29) is 61.3 Å². The second-order valence-corrected chi connectivity index (χ2v) is 0. The van der Waals surface area contributed by atoms with Crippen LogP contribution in [-0.2, 0) is 0 Å². The smallest absolute Gasteiger partial charge is 0 e. The van der Waals surface area contributed by atoms with E-state index in [1.165, 1.54) is 0 Å². The van der Waals surface area contributed by atoms with E-state index in [0.717, 1.165) is 0 Å². The molecule has 0 aromatic carbocycles. The van der Waals surface area contributed by atoms with Crippen molar-refractivity contribution in [2.45, 2.75) is 0 Å². The summed E-state index contributed by atoms with van der Waals surface area (Å²) in [5.41, 5.74) is 0. The molecule has 0 spiro atoms. The molecule has 10 radical (unpaired) electrons. The Labute approximate surface area is 61.0 Å². The third-order valence-electron chi connectivity index (χ3n) is 0. The van der Waals surface area contributed by atoms with Crippen LogP contribution in [0.4, 0.5) is 0 Å². The topological polar surface area (TPSA) is 0 Å². The van der Waals surface area contributed by atoms with Gasteiger partial charge in [-0.05, 0) is 0 Å². The molecule has 0 aliphatic heterocycles. The zero-order valence-electron chi connectivity index (χ0n) is 1.52. The van der Waals surface area contributed by atoms with Crippen molar-refractivity contribution >= 4 is 61.3 Å². The van der Waals surface area contributed by atoms with Crippen molar-refractivity contribution in [2.75, 3.05) is 0 Å². The van der Waals surface area contributed by atoms with E-state index in [4.69, 9.17) is 0 Å². The molecule has 0 unspecified atom stereocenters. The van der Waals surface area contributed by atoms with Gasteiger partial charge in [0.2, 0.25) is 0 Å². The fourth-order valence-corrected chi connectivity index (χ4v) is 0. The molecule has 0 atom stereocenters. The monoisotopic (exact) mass is 112 g/mol. The molecule has 0 fully saturated rings. The predicted molar refractivity (Wildman–Crippen MR) is 27.0 cm³/mol. The van der Waals surface area contributed by atoms with Crippen LogP contribution in [0.2, 0.25) is 0 Å². The molecule has 0 rings (SSSR count). The Kier molecular flexibility index (Phi) is 195. The van der Waals surface area contributed by atoms with Gasteiger partial charge >= 0.3 is 23.1 Å². The third-order valence-corrected chi connectivity index (χ3v) is 0. The summed E-state index contributed by atoms with van der Waals surface area (Å²) in [5, 5.41) is 0. The molecule has 4 heteroatoms. The van der Waals surface area contributed by atoms with Crippen molar-refractivity contribution in [3.05, 3.63) is 0 Å². The highest BCUT2D eigenvalue weighted by Crippen LogP contribution is 0.861. The summed E-state index contributed by atoms with van der Waals surface area (Å²) in [4.78, 5) is 0. The van der Waals surface area contributed by atoms with Gasteiger partial charge in [-0.1, -0.05) is 0 Å². The van der Waals surface area contributed by atoms with E-state index in [2.05, 4.69) is 0 Å². The van der Waals surface area contributed by atoms with Crippen molar-refractivity contribution in [3.8, 4) is 0 Å². The molecule has 0 N–H and O–H groups in total. The summed E-state index contributed by atoms with van der Waals surface area (Å²) in [5.74, 6) is 0. The summed E-state index contributed by atoms with van der Waals surface area (Å²) in [7, 11) is 0. The van der Waals surface area contributed by atoms with Gasteiger partial charge in [-0.25, -0.2) is 0 Å². The van der Waals surface area contributed by atoms with Crippen LogP contribution in [0.15, 0.2) is 0 Å². The average molecular weight is 112 g/mol. The number of hydrogen-bond acceptors (Lipinski definition) is 0. The first-order chi connectivity index (χ1) is 0. The first kappa shape index (κ1) is 38.4. The zero-order valence-corrected chi connectivity index (χ0v) is 4.57. The van der Waals surface area contributed by atoms with Crippen molar-refractivity contribution < 1.29 is 0 Å². The summed E-state index contributed by atoms with van der Waals surface area (Å²) >= 11 is 0. The molecule has 0 bridgehead atoms. The van der Waals surface area contributed by atoms with Gasteiger partial charge in [0.1, 0.15) is 0 Å². The van der Waals surface area contributed by atoms with Crippen LogP contribution >= 0.6 is 9.90 Å². The van der Waals surface area contributed by atoms with Crippen molar-refractivity contribution in [3.63, 3.8) is 0 Å². The molecule has 0 nitrogen and oxygen atoms in total. The van der Waals surface area contributed by atoms with Crippen LogP contribution in [-0.4, -0.2) is 51.4 Å². The quantitative estimate of drug-likeness (QED) is 0.284. The van der Waals surface area contributed by atoms with Crippen molar-refractivity contribution in [2.24, 2.45) is 0 Å². The van der Waals surface area contributed by atoms with Gasteiger partial charge in [0.25, 0.3) is 0 Å². The standard InChI is InChI=1S/Al.Mg.P.Si.2H. The molecule has 0 amide bonds. The normalized spacial score (nSPS) is 0. The van der Waals surface area contributed by atoms with E-state index < -0.39 is 0 Å². The minimum absolute atomic E-state index is 0. The molecule has 4 heavy (non-hydrogen) atoms. The average Bonchev–Trinajstić information content (AvgIpc) is 0. The van der Waals surface area contributed by atoms with Crippen molar-refractivity contribution in [1.29, 1.82) is 0 Å². The third kappa shape index (κ3) is 9.04. The molecular formula is H2AlMgPSi. The van der Waals surface area contributed by atoms with Crippen LogP contribution in [0, 0.1) is 0 Å². The Morgan fingerprint density at radius 3 is 1.00 bits per heavy atom. The highest BCUT2D eigenvalue weighted by Gasteiger charge is 0.316. The molecular weight excluding hydrogens is 110 g/mol. The number of rotatable bonds is 0. The Morgan fingerprint density at radius 1 is 1.00 bits per heavy atom. The fourth-order valence-electron chi connectivity index (χ4n) is 0. The molecule has 0 heterocycles. The van der Waals surface area contributed by atoms with Gasteiger partial charge in [0.05, 0.1) is 0 Å². The van der Waals surface area contributed by atoms with E-state index >= 15 is 0 Å². The molecule has 0 aromatic rings. The van der Waals surface area contributed by atoms with Crippen LogP contribution in [0.25, 0.3) is 0 Å². The van der Waals surface area contributed by atoms with Crippen LogP contribution in [0.5, 0.6) is 0 Å². The molecule has 16 valence electrons. The lowest BCUT2D eigenvalue weighted by Gasteiger charge is -0.001000. The molecule has 0 aromatic heterocycles. The Bertz CT molecular complexity index is 8.00. The second-order valence-electron chi connectivity index (χ2n) is 0. The van der Waals surface area contributed by atoms with Gasteiger partial charge < -0.3 is 0 Å². The fraction of sp³-hybridized carbons (Fsp3) is 0. The van der Waals surface area contributed by atoms with Gasteiger partial charge in [0.15, 0.2) is 0 Å². The SMILES string of the molecule is [Al].[MgH2].[P].[Si]. The molecule has 0 aliphatic rings. The van der Waals surface area contributed by atoms with Gasteiger partial charge in [-0.15, -0.1) is 0 Å². The highest BCUT2D eigenvalue weighted by molar-refractivity contribution is 6.92. The zero-order chi connectivity index (χ0) is 0. The first-order valence-corrected chi connectivity index (χ1v) is 0. The van der Waals surface area contributed by atoms with Gasteiger partial charge in [-0.2, -0.15) is 0 Å². The van der Waals surface area contributed by atoms with E-state index in [0.29, 0.717) is 0 Å². The minimum atomic E-state index is 0. The Morgan fingerprint density at radius 2 is 1.00 bits per heavy atom. The van der Waals surface area contributed by atoms with Crippen LogP contribution in [0.1, 0.15) is 0 Å². The van der Waals surface area contributed by atoms with Crippen LogP contribution in [0.3, 0.4) is 0 Å². The lowest BCUT2D eigenvalue weighted by Crippen LogP contribution is -0.382. The lowest BCUT2D eigenvalue weighted by molar-refractivity contribution is 5.75.